The van der Waals surface area contributed by atoms with Crippen molar-refractivity contribution in [2.24, 2.45) is 0 Å². The third-order valence-corrected chi connectivity index (χ3v) is 4.09. The number of hydrogen-bond acceptors (Lipinski definition) is 1. The van der Waals surface area contributed by atoms with Crippen molar-refractivity contribution in [3.8, 4) is 0 Å². The van der Waals surface area contributed by atoms with E-state index in [4.69, 9.17) is 11.6 Å². The Kier molecular flexibility index (Phi) is 5.84. The van der Waals surface area contributed by atoms with Gasteiger partial charge in [-0.2, -0.15) is 0 Å². The van der Waals surface area contributed by atoms with Crippen LogP contribution in [0.3, 0.4) is 0 Å². The van der Waals surface area contributed by atoms with Gasteiger partial charge in [0.1, 0.15) is 0 Å². The molecule has 1 nitrogen and oxygen atoms in total. The molecule has 0 aliphatic carbocycles. The second-order valence-corrected chi connectivity index (χ2v) is 6.23. The lowest BCUT2D eigenvalue weighted by atomic mass is 10.0. The lowest BCUT2D eigenvalue weighted by molar-refractivity contribution is 0.519. The van der Waals surface area contributed by atoms with Crippen LogP contribution in [0.15, 0.2) is 48.5 Å². The lowest BCUT2D eigenvalue weighted by Crippen LogP contribution is -2.20. The van der Waals surface area contributed by atoms with Gasteiger partial charge in [0.15, 0.2) is 0 Å². The molecule has 0 aromatic heterocycles. The quantitative estimate of drug-likeness (QED) is 0.721. The Morgan fingerprint density at radius 3 is 2.29 bits per heavy atom. The normalized spacial score (nSPS) is 12.6. The SMILES string of the molecule is CCC(NCc1ccc(C(C)C)cc1)c1cccc(Cl)c1. The van der Waals surface area contributed by atoms with Crippen LogP contribution in [0.5, 0.6) is 0 Å². The van der Waals surface area contributed by atoms with Crippen molar-refractivity contribution in [2.45, 2.75) is 45.7 Å². The summed E-state index contributed by atoms with van der Waals surface area (Å²) in [4.78, 5) is 0. The van der Waals surface area contributed by atoms with Gasteiger partial charge in [-0.3, -0.25) is 0 Å². The highest BCUT2D eigenvalue weighted by atomic mass is 35.5. The van der Waals surface area contributed by atoms with Crippen LogP contribution in [0.4, 0.5) is 0 Å². The molecule has 21 heavy (non-hydrogen) atoms. The van der Waals surface area contributed by atoms with Gasteiger partial charge >= 0.3 is 0 Å². The zero-order chi connectivity index (χ0) is 15.2. The van der Waals surface area contributed by atoms with E-state index in [2.05, 4.69) is 56.4 Å². The molecule has 0 fully saturated rings. The summed E-state index contributed by atoms with van der Waals surface area (Å²) in [6, 6.07) is 17.3. The molecule has 2 aromatic carbocycles. The zero-order valence-electron chi connectivity index (χ0n) is 13.1. The van der Waals surface area contributed by atoms with E-state index in [1.165, 1.54) is 16.7 Å². The second-order valence-electron chi connectivity index (χ2n) is 5.79. The molecule has 0 aliphatic heterocycles. The zero-order valence-corrected chi connectivity index (χ0v) is 13.8. The largest absolute Gasteiger partial charge is 0.306 e. The molecule has 0 amide bonds. The van der Waals surface area contributed by atoms with E-state index in [0.29, 0.717) is 12.0 Å². The number of rotatable bonds is 6. The highest BCUT2D eigenvalue weighted by molar-refractivity contribution is 6.30. The van der Waals surface area contributed by atoms with Gasteiger partial charge in [0, 0.05) is 17.6 Å². The summed E-state index contributed by atoms with van der Waals surface area (Å²) in [6.45, 7) is 7.52. The van der Waals surface area contributed by atoms with Gasteiger partial charge < -0.3 is 5.32 Å². The molecule has 0 radical (unpaired) electrons. The predicted octanol–water partition coefficient (Wildman–Crippen LogP) is 5.70. The summed E-state index contributed by atoms with van der Waals surface area (Å²) >= 11 is 6.08. The van der Waals surface area contributed by atoms with E-state index in [9.17, 15) is 0 Å². The summed E-state index contributed by atoms with van der Waals surface area (Å²) in [5.74, 6) is 0.585. The highest BCUT2D eigenvalue weighted by Crippen LogP contribution is 2.21. The fourth-order valence-corrected chi connectivity index (χ4v) is 2.68. The summed E-state index contributed by atoms with van der Waals surface area (Å²) in [5.41, 5.74) is 3.96. The fourth-order valence-electron chi connectivity index (χ4n) is 2.48. The van der Waals surface area contributed by atoms with Gasteiger partial charge in [0.2, 0.25) is 0 Å². The Labute approximate surface area is 133 Å². The first-order chi connectivity index (χ1) is 10.1. The molecule has 2 heteroatoms. The smallest absolute Gasteiger partial charge is 0.0409 e. The monoisotopic (exact) mass is 301 g/mol. The van der Waals surface area contributed by atoms with Gasteiger partial charge in [0.05, 0.1) is 0 Å². The number of halogens is 1. The van der Waals surface area contributed by atoms with E-state index < -0.39 is 0 Å². The average molecular weight is 302 g/mol. The molecule has 112 valence electrons. The van der Waals surface area contributed by atoms with Crippen LogP contribution in [0.1, 0.15) is 55.8 Å². The summed E-state index contributed by atoms with van der Waals surface area (Å²) in [7, 11) is 0. The van der Waals surface area contributed by atoms with Crippen LogP contribution < -0.4 is 5.32 Å². The summed E-state index contributed by atoms with van der Waals surface area (Å²) in [6.07, 6.45) is 1.05. The molecule has 2 rings (SSSR count). The molecular weight excluding hydrogens is 278 g/mol. The van der Waals surface area contributed by atoms with Crippen LogP contribution in [0.25, 0.3) is 0 Å². The predicted molar refractivity (Wildman–Crippen MR) is 91.9 cm³/mol. The maximum absolute atomic E-state index is 6.08. The van der Waals surface area contributed by atoms with Crippen LogP contribution in [0, 0.1) is 0 Å². The van der Waals surface area contributed by atoms with Crippen LogP contribution in [0.2, 0.25) is 5.02 Å². The molecule has 0 bridgehead atoms. The molecule has 1 N–H and O–H groups in total. The van der Waals surface area contributed by atoms with Crippen molar-refractivity contribution in [1.29, 1.82) is 0 Å². The van der Waals surface area contributed by atoms with Crippen molar-refractivity contribution in [3.05, 3.63) is 70.2 Å². The molecule has 2 aromatic rings. The number of hydrogen-bond donors (Lipinski definition) is 1. The van der Waals surface area contributed by atoms with Crippen LogP contribution in [-0.4, -0.2) is 0 Å². The number of nitrogens with one attached hydrogen (secondary N) is 1. The third-order valence-electron chi connectivity index (χ3n) is 3.86. The van der Waals surface area contributed by atoms with Gasteiger partial charge in [-0.15, -0.1) is 0 Å². The molecule has 1 unspecified atom stereocenters. The first kappa shape index (κ1) is 16.1. The maximum atomic E-state index is 6.08. The fraction of sp³-hybridized carbons (Fsp3) is 0.368. The van der Waals surface area contributed by atoms with Gasteiger partial charge in [-0.1, -0.05) is 68.8 Å². The molecular formula is C19H24ClN. The minimum absolute atomic E-state index is 0.341. The minimum atomic E-state index is 0.341. The van der Waals surface area contributed by atoms with Crippen molar-refractivity contribution < 1.29 is 0 Å². The summed E-state index contributed by atoms with van der Waals surface area (Å²) in [5, 5.41) is 4.42. The average Bonchev–Trinajstić information content (AvgIpc) is 2.48. The number of benzene rings is 2. The minimum Gasteiger partial charge on any atom is -0.306 e. The van der Waals surface area contributed by atoms with E-state index in [-0.39, 0.29) is 0 Å². The van der Waals surface area contributed by atoms with E-state index in [1.807, 2.05) is 18.2 Å². The van der Waals surface area contributed by atoms with Gasteiger partial charge in [0.25, 0.3) is 0 Å². The Morgan fingerprint density at radius 1 is 1.00 bits per heavy atom. The van der Waals surface area contributed by atoms with E-state index >= 15 is 0 Å². The molecule has 0 heterocycles. The molecule has 0 saturated carbocycles. The summed E-state index contributed by atoms with van der Waals surface area (Å²) < 4.78 is 0. The maximum Gasteiger partial charge on any atom is 0.0409 e. The van der Waals surface area contributed by atoms with Crippen molar-refractivity contribution >= 4 is 11.6 Å². The van der Waals surface area contributed by atoms with E-state index in [1.54, 1.807) is 0 Å². The van der Waals surface area contributed by atoms with Crippen molar-refractivity contribution in [2.75, 3.05) is 0 Å². The Hall–Kier alpha value is -1.31. The highest BCUT2D eigenvalue weighted by Gasteiger charge is 2.09. The molecule has 0 spiro atoms. The van der Waals surface area contributed by atoms with Crippen LogP contribution in [-0.2, 0) is 6.54 Å². The lowest BCUT2D eigenvalue weighted by Gasteiger charge is -2.18. The Bertz CT molecular complexity index is 560. The standard InChI is InChI=1S/C19H24ClN/c1-4-19(17-6-5-7-18(20)12-17)21-13-15-8-10-16(11-9-15)14(2)3/h5-12,14,19,21H,4,13H2,1-3H3. The van der Waals surface area contributed by atoms with E-state index in [0.717, 1.165) is 18.0 Å². The Balaban J connectivity index is 2.00. The first-order valence-corrected chi connectivity index (χ1v) is 8.05. The molecule has 1 atom stereocenters. The second kappa shape index (κ2) is 7.63. The topological polar surface area (TPSA) is 12.0 Å². The van der Waals surface area contributed by atoms with Crippen molar-refractivity contribution in [1.82, 2.24) is 5.32 Å². The molecule has 0 aliphatic rings. The van der Waals surface area contributed by atoms with Crippen LogP contribution >= 0.6 is 11.6 Å². The third kappa shape index (κ3) is 4.59. The van der Waals surface area contributed by atoms with Crippen molar-refractivity contribution in [3.63, 3.8) is 0 Å². The first-order valence-electron chi connectivity index (χ1n) is 7.67. The van der Waals surface area contributed by atoms with Gasteiger partial charge in [-0.05, 0) is 41.2 Å². The molecule has 0 saturated heterocycles. The van der Waals surface area contributed by atoms with Gasteiger partial charge in [-0.25, -0.2) is 0 Å². The Morgan fingerprint density at radius 2 is 1.71 bits per heavy atom.